The van der Waals surface area contributed by atoms with Crippen LogP contribution in [0, 0.1) is 30.1 Å². The number of nitrogens with zero attached hydrogens (tertiary/aromatic N) is 1. The molecule has 1 aromatic rings. The summed E-state index contributed by atoms with van der Waals surface area (Å²) in [5.74, 6) is 5.72. The number of rotatable bonds is 4. The molecule has 5 rings (SSSR count). The van der Waals surface area contributed by atoms with Gasteiger partial charge in [-0.1, -0.05) is 36.3 Å². The van der Waals surface area contributed by atoms with E-state index in [1.807, 2.05) is 6.07 Å². The molecule has 0 amide bonds. The zero-order valence-electron chi connectivity index (χ0n) is 16.0. The fraction of sp³-hybridized carbons (Fsp3) is 0.652. The molecule has 1 aromatic carbocycles. The molecule has 25 heavy (non-hydrogen) atoms. The monoisotopic (exact) mass is 338 g/mol. The molecule has 0 saturated heterocycles. The molecule has 2 nitrogen and oxygen atoms in total. The van der Waals surface area contributed by atoms with Crippen molar-refractivity contribution in [3.05, 3.63) is 35.9 Å². The average Bonchev–Trinajstić information content (AvgIpc) is 2.54. The third-order valence-corrected chi connectivity index (χ3v) is 6.55. The Labute approximate surface area is 154 Å². The molecular weight excluding hydrogens is 304 g/mol. The van der Waals surface area contributed by atoms with E-state index in [9.17, 15) is 0 Å². The standard InChI is InChI=1S/C13H17N.C10H17N/c1-4-10-14(3)12(2)11-13-8-6-5-7-9-13;11-10-4-7-1-8(5-10)3-9(2-7)6-10/h1,5-9,12H,10-11H2,2-3H3;7-9H,1-6,11H2. The number of hydrogen-bond donors (Lipinski definition) is 1. The van der Waals surface area contributed by atoms with Gasteiger partial charge in [-0.3, -0.25) is 4.90 Å². The quantitative estimate of drug-likeness (QED) is 0.838. The molecule has 2 heteroatoms. The average molecular weight is 339 g/mol. The zero-order valence-corrected chi connectivity index (χ0v) is 16.0. The van der Waals surface area contributed by atoms with Crippen molar-refractivity contribution in [3.63, 3.8) is 0 Å². The van der Waals surface area contributed by atoms with Crippen molar-refractivity contribution in [1.29, 1.82) is 0 Å². The van der Waals surface area contributed by atoms with Crippen molar-refractivity contribution in [2.45, 2.75) is 63.5 Å². The second kappa shape index (κ2) is 7.94. The summed E-state index contributed by atoms with van der Waals surface area (Å²) in [5.41, 5.74) is 7.99. The van der Waals surface area contributed by atoms with Gasteiger partial charge in [0.15, 0.2) is 0 Å². The van der Waals surface area contributed by atoms with Gasteiger partial charge in [0.2, 0.25) is 0 Å². The zero-order chi connectivity index (χ0) is 17.9. The van der Waals surface area contributed by atoms with E-state index in [4.69, 9.17) is 12.2 Å². The van der Waals surface area contributed by atoms with Crippen LogP contribution in [0.3, 0.4) is 0 Å². The summed E-state index contributed by atoms with van der Waals surface area (Å²) in [6.07, 6.45) is 14.9. The van der Waals surface area contributed by atoms with E-state index in [1.54, 1.807) is 0 Å². The maximum atomic E-state index is 6.32. The maximum Gasteiger partial charge on any atom is 0.0598 e. The van der Waals surface area contributed by atoms with Gasteiger partial charge in [-0.15, -0.1) is 6.42 Å². The lowest BCUT2D eigenvalue weighted by atomic mass is 9.53. The second-order valence-electron chi connectivity index (χ2n) is 8.94. The molecule has 4 bridgehead atoms. The first kappa shape index (κ1) is 18.5. The first-order valence-corrected chi connectivity index (χ1v) is 9.94. The summed E-state index contributed by atoms with van der Waals surface area (Å²) in [5, 5.41) is 0. The Morgan fingerprint density at radius 3 is 2.08 bits per heavy atom. The minimum atomic E-state index is 0.300. The predicted molar refractivity (Wildman–Crippen MR) is 106 cm³/mol. The Kier molecular flexibility index (Phi) is 5.87. The van der Waals surface area contributed by atoms with Crippen LogP contribution in [-0.2, 0) is 6.42 Å². The summed E-state index contributed by atoms with van der Waals surface area (Å²) in [6.45, 7) is 2.92. The van der Waals surface area contributed by atoms with E-state index in [2.05, 4.69) is 49.1 Å². The van der Waals surface area contributed by atoms with Crippen LogP contribution in [0.5, 0.6) is 0 Å². The molecular formula is C23H34N2. The Hall–Kier alpha value is -1.30. The van der Waals surface area contributed by atoms with Gasteiger partial charge < -0.3 is 5.73 Å². The number of benzene rings is 1. The summed E-state index contributed by atoms with van der Waals surface area (Å²) in [4.78, 5) is 2.19. The topological polar surface area (TPSA) is 29.3 Å². The van der Waals surface area contributed by atoms with Crippen molar-refractivity contribution < 1.29 is 0 Å². The lowest BCUT2D eigenvalue weighted by Gasteiger charge is -2.55. The molecule has 2 N–H and O–H groups in total. The van der Waals surface area contributed by atoms with Gasteiger partial charge in [0.05, 0.1) is 6.54 Å². The van der Waals surface area contributed by atoms with Gasteiger partial charge >= 0.3 is 0 Å². The molecule has 4 aliphatic rings. The first-order chi connectivity index (χ1) is 12.0. The fourth-order valence-electron chi connectivity index (χ4n) is 5.59. The van der Waals surface area contributed by atoms with Crippen LogP contribution < -0.4 is 5.73 Å². The summed E-state index contributed by atoms with van der Waals surface area (Å²) in [6, 6.07) is 11.0. The summed E-state index contributed by atoms with van der Waals surface area (Å²) in [7, 11) is 2.06. The van der Waals surface area contributed by atoms with Crippen LogP contribution in [0.4, 0.5) is 0 Å². The SMILES string of the molecule is C#CCN(C)C(C)Cc1ccccc1.NC12CC3CC(CC(C3)C1)C2. The van der Waals surface area contributed by atoms with Gasteiger partial charge in [0, 0.05) is 11.6 Å². The molecule has 0 radical (unpaired) electrons. The molecule has 0 aromatic heterocycles. The fourth-order valence-corrected chi connectivity index (χ4v) is 5.59. The Bertz CT molecular complexity index is 551. The van der Waals surface area contributed by atoms with Crippen LogP contribution in [0.25, 0.3) is 0 Å². The van der Waals surface area contributed by atoms with Crippen LogP contribution in [-0.4, -0.2) is 30.1 Å². The third-order valence-electron chi connectivity index (χ3n) is 6.55. The molecule has 136 valence electrons. The van der Waals surface area contributed by atoms with Gasteiger partial charge in [-0.2, -0.15) is 0 Å². The lowest BCUT2D eigenvalue weighted by molar-refractivity contribution is 0.000365. The van der Waals surface area contributed by atoms with Crippen molar-refractivity contribution in [2.75, 3.05) is 13.6 Å². The molecule has 1 atom stereocenters. The van der Waals surface area contributed by atoms with E-state index in [0.29, 0.717) is 18.1 Å². The van der Waals surface area contributed by atoms with Crippen molar-refractivity contribution in [3.8, 4) is 12.3 Å². The molecule has 1 unspecified atom stereocenters. The number of hydrogen-bond acceptors (Lipinski definition) is 2. The van der Waals surface area contributed by atoms with E-state index in [-0.39, 0.29) is 0 Å². The van der Waals surface area contributed by atoms with E-state index in [1.165, 1.54) is 44.1 Å². The highest BCUT2D eigenvalue weighted by Crippen LogP contribution is 2.54. The minimum Gasteiger partial charge on any atom is -0.325 e. The smallest absolute Gasteiger partial charge is 0.0598 e. The first-order valence-electron chi connectivity index (χ1n) is 9.94. The van der Waals surface area contributed by atoms with E-state index >= 15 is 0 Å². The predicted octanol–water partition coefficient (Wildman–Crippen LogP) is 4.10. The normalized spacial score (nSPS) is 33.5. The molecule has 4 fully saturated rings. The van der Waals surface area contributed by atoms with Crippen LogP contribution in [0.15, 0.2) is 30.3 Å². The number of likely N-dealkylation sites (N-methyl/N-ethyl adjacent to an activating group) is 1. The number of terminal acetylenes is 1. The highest BCUT2D eigenvalue weighted by molar-refractivity contribution is 5.15. The van der Waals surface area contributed by atoms with Crippen LogP contribution >= 0.6 is 0 Å². The van der Waals surface area contributed by atoms with E-state index < -0.39 is 0 Å². The second-order valence-corrected chi connectivity index (χ2v) is 8.94. The minimum absolute atomic E-state index is 0.300. The van der Waals surface area contributed by atoms with Crippen molar-refractivity contribution >= 4 is 0 Å². The summed E-state index contributed by atoms with van der Waals surface area (Å²) < 4.78 is 0. The Balaban J connectivity index is 0.000000149. The molecule has 4 aliphatic carbocycles. The molecule has 0 heterocycles. The van der Waals surface area contributed by atoms with E-state index in [0.717, 1.165) is 24.2 Å². The highest BCUT2D eigenvalue weighted by Gasteiger charge is 2.48. The largest absolute Gasteiger partial charge is 0.325 e. The number of nitrogens with two attached hydrogens (primary N) is 1. The lowest BCUT2D eigenvalue weighted by Crippen LogP contribution is -2.55. The van der Waals surface area contributed by atoms with Crippen molar-refractivity contribution in [2.24, 2.45) is 23.5 Å². The highest BCUT2D eigenvalue weighted by atomic mass is 15.1. The van der Waals surface area contributed by atoms with Gasteiger partial charge in [-0.25, -0.2) is 0 Å². The third kappa shape index (κ3) is 4.87. The van der Waals surface area contributed by atoms with Gasteiger partial charge in [-0.05, 0) is 82.2 Å². The van der Waals surface area contributed by atoms with Crippen LogP contribution in [0.1, 0.15) is 51.0 Å². The van der Waals surface area contributed by atoms with Crippen LogP contribution in [0.2, 0.25) is 0 Å². The van der Waals surface area contributed by atoms with Crippen molar-refractivity contribution in [1.82, 2.24) is 4.90 Å². The molecule has 4 saturated carbocycles. The van der Waals surface area contributed by atoms with Gasteiger partial charge in [0.1, 0.15) is 0 Å². The maximum absolute atomic E-state index is 6.32. The molecule has 0 spiro atoms. The molecule has 0 aliphatic heterocycles. The summed E-state index contributed by atoms with van der Waals surface area (Å²) >= 11 is 0. The Morgan fingerprint density at radius 1 is 1.12 bits per heavy atom. The Morgan fingerprint density at radius 2 is 1.64 bits per heavy atom. The van der Waals surface area contributed by atoms with Gasteiger partial charge in [0.25, 0.3) is 0 Å².